The Balaban J connectivity index is 1.76. The summed E-state index contributed by atoms with van der Waals surface area (Å²) in [5.74, 6) is 0.725. The number of para-hydroxylation sites is 2. The SMILES string of the molecule is CCC(=O)N(c1ccccc1)C1CC(C)N(C(=O)c2ccc(OC)cc2)c2ccccc21. The van der Waals surface area contributed by atoms with Gasteiger partial charge in [0, 0.05) is 29.4 Å². The topological polar surface area (TPSA) is 49.9 Å². The number of carbonyl (C=O) groups is 2. The highest BCUT2D eigenvalue weighted by atomic mass is 16.5. The molecule has 5 nitrogen and oxygen atoms in total. The van der Waals surface area contributed by atoms with Crippen LogP contribution in [0.15, 0.2) is 78.9 Å². The molecule has 164 valence electrons. The number of methoxy groups -OCH3 is 1. The third-order valence-corrected chi connectivity index (χ3v) is 6.03. The van der Waals surface area contributed by atoms with E-state index in [4.69, 9.17) is 4.74 Å². The maximum absolute atomic E-state index is 13.5. The van der Waals surface area contributed by atoms with E-state index in [1.54, 1.807) is 31.4 Å². The third kappa shape index (κ3) is 3.98. The van der Waals surface area contributed by atoms with Crippen LogP contribution >= 0.6 is 0 Å². The highest BCUT2D eigenvalue weighted by Crippen LogP contribution is 2.42. The van der Waals surface area contributed by atoms with Crippen LogP contribution in [0.5, 0.6) is 5.75 Å². The lowest BCUT2D eigenvalue weighted by Gasteiger charge is -2.43. The summed E-state index contributed by atoms with van der Waals surface area (Å²) in [6.07, 6.45) is 1.07. The molecule has 0 aromatic heterocycles. The Bertz CT molecular complexity index is 1100. The summed E-state index contributed by atoms with van der Waals surface area (Å²) >= 11 is 0. The molecule has 0 spiro atoms. The minimum Gasteiger partial charge on any atom is -0.497 e. The Hall–Kier alpha value is -3.60. The largest absolute Gasteiger partial charge is 0.497 e. The third-order valence-electron chi connectivity index (χ3n) is 6.03. The first-order chi connectivity index (χ1) is 15.5. The molecule has 0 saturated carbocycles. The molecule has 0 bridgehead atoms. The molecule has 0 fully saturated rings. The van der Waals surface area contributed by atoms with Crippen molar-refractivity contribution in [2.75, 3.05) is 16.9 Å². The summed E-state index contributed by atoms with van der Waals surface area (Å²) in [6, 6.07) is 24.6. The van der Waals surface area contributed by atoms with Crippen LogP contribution in [0.4, 0.5) is 11.4 Å². The van der Waals surface area contributed by atoms with Crippen LogP contribution in [0.3, 0.4) is 0 Å². The van der Waals surface area contributed by atoms with Crippen LogP contribution < -0.4 is 14.5 Å². The van der Waals surface area contributed by atoms with Crippen molar-refractivity contribution in [1.82, 2.24) is 0 Å². The van der Waals surface area contributed by atoms with Crippen molar-refractivity contribution in [2.45, 2.75) is 38.8 Å². The van der Waals surface area contributed by atoms with Crippen molar-refractivity contribution in [3.8, 4) is 5.75 Å². The molecule has 3 aromatic carbocycles. The zero-order chi connectivity index (χ0) is 22.7. The van der Waals surface area contributed by atoms with Gasteiger partial charge in [-0.3, -0.25) is 9.59 Å². The molecule has 0 N–H and O–H groups in total. The van der Waals surface area contributed by atoms with Crippen molar-refractivity contribution in [2.24, 2.45) is 0 Å². The van der Waals surface area contributed by atoms with Crippen LogP contribution in [0.1, 0.15) is 48.7 Å². The fourth-order valence-electron chi connectivity index (χ4n) is 4.47. The number of benzene rings is 3. The van der Waals surface area contributed by atoms with E-state index in [2.05, 4.69) is 0 Å². The average molecular weight is 429 g/mol. The summed E-state index contributed by atoms with van der Waals surface area (Å²) in [7, 11) is 1.61. The van der Waals surface area contributed by atoms with Crippen LogP contribution in [0.25, 0.3) is 0 Å². The zero-order valence-electron chi connectivity index (χ0n) is 18.7. The molecule has 0 aliphatic carbocycles. The smallest absolute Gasteiger partial charge is 0.258 e. The van der Waals surface area contributed by atoms with E-state index in [-0.39, 0.29) is 23.9 Å². The fraction of sp³-hybridized carbons (Fsp3) is 0.259. The first-order valence-electron chi connectivity index (χ1n) is 11.0. The Labute approximate surface area is 189 Å². The number of fused-ring (bicyclic) bond motifs is 1. The highest BCUT2D eigenvalue weighted by Gasteiger charge is 2.38. The minimum atomic E-state index is -0.143. The maximum Gasteiger partial charge on any atom is 0.258 e. The molecule has 0 saturated heterocycles. The second kappa shape index (κ2) is 9.27. The van der Waals surface area contributed by atoms with Crippen molar-refractivity contribution in [3.05, 3.63) is 90.0 Å². The van der Waals surface area contributed by atoms with Crippen LogP contribution in [-0.2, 0) is 4.79 Å². The van der Waals surface area contributed by atoms with Gasteiger partial charge in [0.2, 0.25) is 5.91 Å². The Kier molecular flexibility index (Phi) is 6.26. The van der Waals surface area contributed by atoms with E-state index in [0.29, 0.717) is 24.2 Å². The van der Waals surface area contributed by atoms with Crippen LogP contribution in [0.2, 0.25) is 0 Å². The maximum atomic E-state index is 13.5. The van der Waals surface area contributed by atoms with Gasteiger partial charge >= 0.3 is 0 Å². The predicted octanol–water partition coefficient (Wildman–Crippen LogP) is 5.62. The monoisotopic (exact) mass is 428 g/mol. The molecule has 0 radical (unpaired) electrons. The molecule has 32 heavy (non-hydrogen) atoms. The first-order valence-corrected chi connectivity index (χ1v) is 11.0. The fourth-order valence-corrected chi connectivity index (χ4v) is 4.47. The molecule has 2 unspecified atom stereocenters. The van der Waals surface area contributed by atoms with Gasteiger partial charge in [-0.05, 0) is 61.4 Å². The van der Waals surface area contributed by atoms with E-state index in [1.165, 1.54) is 0 Å². The lowest BCUT2D eigenvalue weighted by atomic mass is 9.89. The molecule has 5 heteroatoms. The van der Waals surface area contributed by atoms with E-state index >= 15 is 0 Å². The molecule has 1 aliphatic rings. The lowest BCUT2D eigenvalue weighted by molar-refractivity contribution is -0.118. The van der Waals surface area contributed by atoms with Gasteiger partial charge in [-0.15, -0.1) is 0 Å². The number of amides is 2. The van der Waals surface area contributed by atoms with Gasteiger partial charge in [-0.1, -0.05) is 43.3 Å². The summed E-state index contributed by atoms with van der Waals surface area (Å²) in [4.78, 5) is 30.3. The second-order valence-electron chi connectivity index (χ2n) is 8.02. The molecule has 1 heterocycles. The predicted molar refractivity (Wildman–Crippen MR) is 127 cm³/mol. The Morgan fingerprint density at radius 1 is 0.969 bits per heavy atom. The number of hydrogen-bond acceptors (Lipinski definition) is 3. The molecule has 1 aliphatic heterocycles. The van der Waals surface area contributed by atoms with Crippen molar-refractivity contribution in [3.63, 3.8) is 0 Å². The van der Waals surface area contributed by atoms with Crippen molar-refractivity contribution < 1.29 is 14.3 Å². The quantitative estimate of drug-likeness (QED) is 0.530. The molecule has 4 rings (SSSR count). The van der Waals surface area contributed by atoms with Gasteiger partial charge in [-0.2, -0.15) is 0 Å². The summed E-state index contributed by atoms with van der Waals surface area (Å²) in [5, 5.41) is 0. The van der Waals surface area contributed by atoms with Gasteiger partial charge in [0.05, 0.1) is 13.2 Å². The van der Waals surface area contributed by atoms with Crippen LogP contribution in [-0.4, -0.2) is 25.0 Å². The summed E-state index contributed by atoms with van der Waals surface area (Å²) < 4.78 is 5.22. The van der Waals surface area contributed by atoms with Crippen molar-refractivity contribution >= 4 is 23.2 Å². The number of rotatable bonds is 5. The van der Waals surface area contributed by atoms with E-state index < -0.39 is 0 Å². The van der Waals surface area contributed by atoms with Gasteiger partial charge in [0.1, 0.15) is 5.75 Å². The number of nitrogens with zero attached hydrogens (tertiary/aromatic N) is 2. The molecular formula is C27H28N2O3. The number of ether oxygens (including phenoxy) is 1. The highest BCUT2D eigenvalue weighted by molar-refractivity contribution is 6.07. The summed E-state index contributed by atoms with van der Waals surface area (Å²) in [5.41, 5.74) is 3.32. The first kappa shape index (κ1) is 21.6. The van der Waals surface area contributed by atoms with E-state index in [0.717, 1.165) is 16.9 Å². The molecule has 2 amide bonds. The normalized spacial score (nSPS) is 17.4. The summed E-state index contributed by atoms with van der Waals surface area (Å²) in [6.45, 7) is 3.93. The molecular weight excluding hydrogens is 400 g/mol. The number of carbonyl (C=O) groups excluding carboxylic acids is 2. The van der Waals surface area contributed by atoms with E-state index in [1.807, 2.05) is 78.2 Å². The van der Waals surface area contributed by atoms with Crippen LogP contribution in [0, 0.1) is 0 Å². The van der Waals surface area contributed by atoms with Crippen molar-refractivity contribution in [1.29, 1.82) is 0 Å². The molecule has 3 aromatic rings. The van der Waals surface area contributed by atoms with E-state index in [9.17, 15) is 9.59 Å². The van der Waals surface area contributed by atoms with Gasteiger partial charge in [0.25, 0.3) is 5.91 Å². The molecule has 2 atom stereocenters. The minimum absolute atomic E-state index is 0.0564. The second-order valence-corrected chi connectivity index (χ2v) is 8.02. The Morgan fingerprint density at radius 2 is 1.62 bits per heavy atom. The standard InChI is InChI=1S/C27H28N2O3/c1-4-26(30)29(21-10-6-5-7-11-21)25-18-19(2)28(24-13-9-8-12-23(24)25)27(31)20-14-16-22(32-3)17-15-20/h5-17,19,25H,4,18H2,1-3H3. The zero-order valence-corrected chi connectivity index (χ0v) is 18.7. The van der Waals surface area contributed by atoms with Gasteiger partial charge < -0.3 is 14.5 Å². The van der Waals surface area contributed by atoms with Gasteiger partial charge in [-0.25, -0.2) is 0 Å². The number of anilines is 2. The Morgan fingerprint density at radius 3 is 2.28 bits per heavy atom. The lowest BCUT2D eigenvalue weighted by Crippen LogP contribution is -2.47. The average Bonchev–Trinajstić information content (AvgIpc) is 2.84. The number of hydrogen-bond donors (Lipinski definition) is 0. The van der Waals surface area contributed by atoms with Gasteiger partial charge in [0.15, 0.2) is 0 Å².